The lowest BCUT2D eigenvalue weighted by Crippen LogP contribution is -2.46. The number of nitrogens with two attached hydrogens (primary N) is 1. The Morgan fingerprint density at radius 1 is 1.40 bits per heavy atom. The van der Waals surface area contributed by atoms with Crippen molar-refractivity contribution < 1.29 is 5.11 Å². The average Bonchev–Trinajstić information content (AvgIpc) is 2.44. The standard InChI is InChI=1S/C15H22Cl2N2O/c1-2-10-3-4-19(13(5-10)8-18)9-11-6-12(16)7-14(17)15(11)20/h6-7,10,13,20H,2-5,8-9,18H2,1H3. The molecule has 1 aliphatic rings. The number of rotatable bonds is 4. The number of phenols is 1. The number of hydrogen-bond donors (Lipinski definition) is 2. The van der Waals surface area contributed by atoms with E-state index < -0.39 is 0 Å². The molecular weight excluding hydrogens is 295 g/mol. The van der Waals surface area contributed by atoms with E-state index >= 15 is 0 Å². The number of halogens is 2. The second-order valence-electron chi connectivity index (χ2n) is 5.55. The number of aromatic hydroxyl groups is 1. The summed E-state index contributed by atoms with van der Waals surface area (Å²) in [7, 11) is 0. The molecule has 1 saturated heterocycles. The minimum atomic E-state index is 0.129. The van der Waals surface area contributed by atoms with E-state index in [4.69, 9.17) is 28.9 Å². The van der Waals surface area contributed by atoms with Crippen LogP contribution in [0.15, 0.2) is 12.1 Å². The molecule has 0 aromatic heterocycles. The van der Waals surface area contributed by atoms with Crippen LogP contribution in [0.25, 0.3) is 0 Å². The molecular formula is C15H22Cl2N2O. The highest BCUT2D eigenvalue weighted by Gasteiger charge is 2.27. The van der Waals surface area contributed by atoms with Gasteiger partial charge in [0.1, 0.15) is 5.75 Å². The van der Waals surface area contributed by atoms with Gasteiger partial charge in [0.05, 0.1) is 5.02 Å². The Hall–Kier alpha value is -0.480. The minimum absolute atomic E-state index is 0.129. The molecule has 1 aliphatic heterocycles. The number of piperidine rings is 1. The summed E-state index contributed by atoms with van der Waals surface area (Å²) in [6.45, 7) is 4.52. The molecule has 1 aromatic rings. The van der Waals surface area contributed by atoms with E-state index in [9.17, 15) is 5.11 Å². The number of hydrogen-bond acceptors (Lipinski definition) is 3. The quantitative estimate of drug-likeness (QED) is 0.891. The summed E-state index contributed by atoms with van der Waals surface area (Å²) >= 11 is 12.0. The van der Waals surface area contributed by atoms with Gasteiger partial charge >= 0.3 is 0 Å². The van der Waals surface area contributed by atoms with Gasteiger partial charge in [-0.25, -0.2) is 0 Å². The van der Waals surface area contributed by atoms with Crippen LogP contribution in [-0.2, 0) is 6.54 Å². The van der Waals surface area contributed by atoms with Crippen molar-refractivity contribution in [2.75, 3.05) is 13.1 Å². The molecule has 0 spiro atoms. The van der Waals surface area contributed by atoms with Gasteiger partial charge in [-0.05, 0) is 37.4 Å². The van der Waals surface area contributed by atoms with E-state index in [1.54, 1.807) is 12.1 Å². The maximum absolute atomic E-state index is 10.1. The molecule has 1 fully saturated rings. The zero-order chi connectivity index (χ0) is 14.7. The number of phenolic OH excluding ortho intramolecular Hbond substituents is 1. The van der Waals surface area contributed by atoms with Crippen molar-refractivity contribution in [2.45, 2.75) is 38.8 Å². The largest absolute Gasteiger partial charge is 0.506 e. The van der Waals surface area contributed by atoms with Crippen molar-refractivity contribution in [2.24, 2.45) is 11.7 Å². The highest BCUT2D eigenvalue weighted by Crippen LogP contribution is 2.34. The first-order valence-corrected chi connectivity index (χ1v) is 7.91. The van der Waals surface area contributed by atoms with Gasteiger partial charge in [-0.15, -0.1) is 0 Å². The van der Waals surface area contributed by atoms with Crippen molar-refractivity contribution in [1.82, 2.24) is 4.90 Å². The van der Waals surface area contributed by atoms with Gasteiger partial charge in [-0.1, -0.05) is 36.5 Å². The van der Waals surface area contributed by atoms with Crippen LogP contribution in [0.5, 0.6) is 5.75 Å². The Kier molecular flexibility index (Phi) is 5.56. The van der Waals surface area contributed by atoms with Gasteiger partial charge in [0.25, 0.3) is 0 Å². The molecule has 3 nitrogen and oxygen atoms in total. The molecule has 1 aromatic carbocycles. The Bertz CT molecular complexity index is 467. The van der Waals surface area contributed by atoms with Crippen LogP contribution in [0.4, 0.5) is 0 Å². The van der Waals surface area contributed by atoms with Crippen molar-refractivity contribution in [3.8, 4) is 5.75 Å². The second-order valence-corrected chi connectivity index (χ2v) is 6.40. The topological polar surface area (TPSA) is 49.5 Å². The fourth-order valence-electron chi connectivity index (χ4n) is 2.97. The predicted octanol–water partition coefficient (Wildman–Crippen LogP) is 3.65. The maximum Gasteiger partial charge on any atom is 0.138 e. The van der Waals surface area contributed by atoms with Gasteiger partial charge < -0.3 is 10.8 Å². The van der Waals surface area contributed by atoms with Crippen LogP contribution >= 0.6 is 23.2 Å². The number of benzene rings is 1. The summed E-state index contributed by atoms with van der Waals surface area (Å²) in [6, 6.07) is 3.71. The van der Waals surface area contributed by atoms with Gasteiger partial charge in [0.2, 0.25) is 0 Å². The first-order chi connectivity index (χ1) is 9.55. The van der Waals surface area contributed by atoms with Crippen molar-refractivity contribution in [1.29, 1.82) is 0 Å². The summed E-state index contributed by atoms with van der Waals surface area (Å²) in [5, 5.41) is 10.9. The number of likely N-dealkylation sites (tertiary alicyclic amines) is 1. The van der Waals surface area contributed by atoms with Gasteiger partial charge in [-0.2, -0.15) is 0 Å². The molecule has 112 valence electrons. The number of nitrogens with zero attached hydrogens (tertiary/aromatic N) is 1. The van der Waals surface area contributed by atoms with E-state index in [0.29, 0.717) is 29.2 Å². The SMILES string of the molecule is CCC1CCN(Cc2cc(Cl)cc(Cl)c2O)C(CN)C1. The van der Waals surface area contributed by atoms with Crippen molar-refractivity contribution in [3.63, 3.8) is 0 Å². The lowest BCUT2D eigenvalue weighted by Gasteiger charge is -2.39. The summed E-state index contributed by atoms with van der Waals surface area (Å²) in [4.78, 5) is 2.33. The van der Waals surface area contributed by atoms with E-state index in [-0.39, 0.29) is 5.75 Å². The first kappa shape index (κ1) is 15.9. The molecule has 2 atom stereocenters. The predicted molar refractivity (Wildman–Crippen MR) is 84.4 cm³/mol. The second kappa shape index (κ2) is 6.99. The van der Waals surface area contributed by atoms with E-state index in [0.717, 1.165) is 24.4 Å². The first-order valence-electron chi connectivity index (χ1n) is 7.16. The molecule has 0 saturated carbocycles. The van der Waals surface area contributed by atoms with Crippen LogP contribution in [0.2, 0.25) is 10.0 Å². The molecule has 2 unspecified atom stereocenters. The molecule has 1 heterocycles. The highest BCUT2D eigenvalue weighted by molar-refractivity contribution is 6.35. The molecule has 0 amide bonds. The van der Waals surface area contributed by atoms with Crippen LogP contribution in [-0.4, -0.2) is 29.1 Å². The molecule has 2 rings (SSSR count). The van der Waals surface area contributed by atoms with Crippen LogP contribution in [0.1, 0.15) is 31.7 Å². The molecule has 20 heavy (non-hydrogen) atoms. The smallest absolute Gasteiger partial charge is 0.138 e. The normalized spacial score (nSPS) is 24.0. The molecule has 0 radical (unpaired) electrons. The zero-order valence-electron chi connectivity index (χ0n) is 11.8. The Balaban J connectivity index is 2.13. The summed E-state index contributed by atoms with van der Waals surface area (Å²) in [5.41, 5.74) is 6.68. The van der Waals surface area contributed by atoms with Crippen molar-refractivity contribution in [3.05, 3.63) is 27.7 Å². The zero-order valence-corrected chi connectivity index (χ0v) is 13.3. The van der Waals surface area contributed by atoms with E-state index in [1.807, 2.05) is 0 Å². The summed E-state index contributed by atoms with van der Waals surface area (Å²) in [5.74, 6) is 0.890. The fourth-order valence-corrected chi connectivity index (χ4v) is 3.50. The minimum Gasteiger partial charge on any atom is -0.506 e. The van der Waals surface area contributed by atoms with E-state index in [2.05, 4.69) is 11.8 Å². The molecule has 0 aliphatic carbocycles. The average molecular weight is 317 g/mol. The third kappa shape index (κ3) is 3.59. The lowest BCUT2D eigenvalue weighted by molar-refractivity contribution is 0.106. The van der Waals surface area contributed by atoms with Gasteiger partial charge in [-0.3, -0.25) is 4.90 Å². The maximum atomic E-state index is 10.1. The Morgan fingerprint density at radius 3 is 2.80 bits per heavy atom. The van der Waals surface area contributed by atoms with Crippen molar-refractivity contribution >= 4 is 23.2 Å². The molecule has 5 heteroatoms. The summed E-state index contributed by atoms with van der Waals surface area (Å²) in [6.07, 6.45) is 3.52. The third-order valence-corrected chi connectivity index (χ3v) is 4.78. The third-order valence-electron chi connectivity index (χ3n) is 4.28. The Labute approximate surface area is 130 Å². The summed E-state index contributed by atoms with van der Waals surface area (Å²) < 4.78 is 0. The van der Waals surface area contributed by atoms with Gasteiger partial charge in [0, 0.05) is 29.7 Å². The highest BCUT2D eigenvalue weighted by atomic mass is 35.5. The fraction of sp³-hybridized carbons (Fsp3) is 0.600. The molecule has 3 N–H and O–H groups in total. The lowest BCUT2D eigenvalue weighted by atomic mass is 9.88. The van der Waals surface area contributed by atoms with Crippen LogP contribution in [0, 0.1) is 5.92 Å². The van der Waals surface area contributed by atoms with Crippen LogP contribution in [0.3, 0.4) is 0 Å². The van der Waals surface area contributed by atoms with Crippen LogP contribution < -0.4 is 5.73 Å². The molecule has 0 bridgehead atoms. The van der Waals surface area contributed by atoms with E-state index in [1.165, 1.54) is 12.8 Å². The monoisotopic (exact) mass is 316 g/mol. The Morgan fingerprint density at radius 2 is 2.15 bits per heavy atom. The van der Waals surface area contributed by atoms with Gasteiger partial charge in [0.15, 0.2) is 0 Å².